The summed E-state index contributed by atoms with van der Waals surface area (Å²) < 4.78 is 0. The fraction of sp³-hybridized carbons (Fsp3) is 0.387. The smallest absolute Gasteiger partial charge is 0.223 e. The van der Waals surface area contributed by atoms with Gasteiger partial charge in [-0.25, -0.2) is 0 Å². The lowest BCUT2D eigenvalue weighted by Gasteiger charge is -2.35. The molecule has 5 heteroatoms. The molecular weight excluding hydrogens is 444 g/mol. The van der Waals surface area contributed by atoms with Crippen LogP contribution < -0.4 is 0 Å². The van der Waals surface area contributed by atoms with Crippen LogP contribution in [-0.2, 0) is 11.3 Å². The summed E-state index contributed by atoms with van der Waals surface area (Å²) in [6.07, 6.45) is 5.74. The molecule has 1 aromatic heterocycles. The van der Waals surface area contributed by atoms with Crippen LogP contribution in [0.4, 0.5) is 0 Å². The molecule has 0 saturated carbocycles. The average molecular weight is 479 g/mol. The van der Waals surface area contributed by atoms with Crippen LogP contribution in [0.1, 0.15) is 42.5 Å². The van der Waals surface area contributed by atoms with Gasteiger partial charge < -0.3 is 4.90 Å². The van der Waals surface area contributed by atoms with Crippen molar-refractivity contribution in [3.63, 3.8) is 0 Å². The largest absolute Gasteiger partial charge is 0.338 e. The summed E-state index contributed by atoms with van der Waals surface area (Å²) in [5.41, 5.74) is 7.24. The third-order valence-corrected chi connectivity index (χ3v) is 8.04. The van der Waals surface area contributed by atoms with Gasteiger partial charge in [0.05, 0.1) is 12.3 Å². The molecule has 3 aliphatic rings. The van der Waals surface area contributed by atoms with E-state index in [1.54, 1.807) is 0 Å². The molecule has 184 valence electrons. The summed E-state index contributed by atoms with van der Waals surface area (Å²) in [5, 5.41) is 2.64. The molecule has 0 radical (unpaired) electrons. The number of pyridine rings is 1. The van der Waals surface area contributed by atoms with E-state index < -0.39 is 0 Å². The Morgan fingerprint density at radius 1 is 1.08 bits per heavy atom. The Labute approximate surface area is 213 Å². The predicted octanol–water partition coefficient (Wildman–Crippen LogP) is 5.18. The maximum atomic E-state index is 13.4. The van der Waals surface area contributed by atoms with Crippen LogP contribution in [0.5, 0.6) is 0 Å². The van der Waals surface area contributed by atoms with E-state index in [1.807, 2.05) is 19.2 Å². The SMILES string of the molecule is Cc1cc(C2=NCC3=C2CN(C(=O)C[C@@H]2CCCN(Cc4cccc5ccccc45)C2)CC3)ccn1. The van der Waals surface area contributed by atoms with Crippen LogP contribution in [0.3, 0.4) is 0 Å². The molecule has 6 rings (SSSR count). The number of hydrogen-bond acceptors (Lipinski definition) is 4. The Morgan fingerprint density at radius 2 is 1.97 bits per heavy atom. The van der Waals surface area contributed by atoms with Gasteiger partial charge in [0.2, 0.25) is 5.91 Å². The van der Waals surface area contributed by atoms with Gasteiger partial charge >= 0.3 is 0 Å². The molecule has 0 bridgehead atoms. The van der Waals surface area contributed by atoms with Gasteiger partial charge in [0, 0.05) is 50.1 Å². The number of benzene rings is 2. The highest BCUT2D eigenvalue weighted by Gasteiger charge is 2.31. The lowest BCUT2D eigenvalue weighted by Crippen LogP contribution is -2.41. The summed E-state index contributed by atoms with van der Waals surface area (Å²) in [6, 6.07) is 19.4. The normalized spacial score (nSPS) is 20.5. The Kier molecular flexibility index (Phi) is 6.41. The lowest BCUT2D eigenvalue weighted by molar-refractivity contribution is -0.132. The minimum absolute atomic E-state index is 0.302. The van der Waals surface area contributed by atoms with Gasteiger partial charge in [-0.15, -0.1) is 0 Å². The van der Waals surface area contributed by atoms with Gasteiger partial charge in [0.15, 0.2) is 0 Å². The molecule has 1 saturated heterocycles. The fourth-order valence-electron chi connectivity index (χ4n) is 6.17. The molecule has 0 aliphatic carbocycles. The molecule has 36 heavy (non-hydrogen) atoms. The van der Waals surface area contributed by atoms with Crippen molar-refractivity contribution >= 4 is 22.4 Å². The number of piperidine rings is 1. The summed E-state index contributed by atoms with van der Waals surface area (Å²) in [4.78, 5) is 27.2. The number of carbonyl (C=O) groups excluding carboxylic acids is 1. The second-order valence-electron chi connectivity index (χ2n) is 10.6. The molecule has 1 atom stereocenters. The summed E-state index contributed by atoms with van der Waals surface area (Å²) in [7, 11) is 0. The third-order valence-electron chi connectivity index (χ3n) is 8.04. The van der Waals surface area contributed by atoms with Crippen LogP contribution in [0.2, 0.25) is 0 Å². The Bertz CT molecular complexity index is 1350. The monoisotopic (exact) mass is 478 g/mol. The number of aliphatic imine (C=N–C) groups is 1. The van der Waals surface area contributed by atoms with Crippen molar-refractivity contribution in [1.82, 2.24) is 14.8 Å². The first kappa shape index (κ1) is 23.1. The van der Waals surface area contributed by atoms with Gasteiger partial charge in [0.25, 0.3) is 0 Å². The van der Waals surface area contributed by atoms with E-state index in [-0.39, 0.29) is 0 Å². The van der Waals surface area contributed by atoms with Crippen molar-refractivity contribution in [3.8, 4) is 0 Å². The number of amides is 1. The van der Waals surface area contributed by atoms with Crippen LogP contribution in [0.15, 0.2) is 76.9 Å². The van der Waals surface area contributed by atoms with Gasteiger partial charge in [-0.2, -0.15) is 0 Å². The van der Waals surface area contributed by atoms with Crippen LogP contribution in [-0.4, -0.2) is 59.1 Å². The quantitative estimate of drug-likeness (QED) is 0.508. The minimum atomic E-state index is 0.302. The first-order chi connectivity index (χ1) is 17.6. The predicted molar refractivity (Wildman–Crippen MR) is 145 cm³/mol. The lowest BCUT2D eigenvalue weighted by atomic mass is 9.92. The van der Waals surface area contributed by atoms with E-state index in [2.05, 4.69) is 63.3 Å². The van der Waals surface area contributed by atoms with E-state index >= 15 is 0 Å². The van der Waals surface area contributed by atoms with Gasteiger partial charge in [-0.05, 0) is 78.3 Å². The number of aromatic nitrogens is 1. The summed E-state index contributed by atoms with van der Waals surface area (Å²) >= 11 is 0. The molecule has 4 heterocycles. The second-order valence-corrected chi connectivity index (χ2v) is 10.6. The number of carbonyl (C=O) groups is 1. The maximum absolute atomic E-state index is 13.4. The molecule has 0 spiro atoms. The molecule has 1 fully saturated rings. The Hall–Kier alpha value is -3.31. The Balaban J connectivity index is 1.09. The highest BCUT2D eigenvalue weighted by atomic mass is 16.2. The number of aryl methyl sites for hydroxylation is 1. The first-order valence-corrected chi connectivity index (χ1v) is 13.3. The van der Waals surface area contributed by atoms with Gasteiger partial charge in [-0.1, -0.05) is 42.5 Å². The standard InChI is InChI=1S/C31H34N4O/c1-22-16-25(11-13-32-22)31-29-21-35(15-12-26(29)18-33-31)30(36)17-23-6-5-14-34(19-23)20-27-9-4-8-24-7-2-3-10-28(24)27/h2-4,7-11,13,16,23H,5-6,12,14-15,17-21H2,1H3/t23-/m0/s1. The van der Waals surface area contributed by atoms with E-state index in [0.717, 1.165) is 69.0 Å². The number of fused-ring (bicyclic) bond motifs is 1. The average Bonchev–Trinajstić information content (AvgIpc) is 3.33. The molecular formula is C31H34N4O. The van der Waals surface area contributed by atoms with Gasteiger partial charge in [0.1, 0.15) is 0 Å². The molecule has 5 nitrogen and oxygen atoms in total. The molecule has 0 N–H and O–H groups in total. The fourth-order valence-corrected chi connectivity index (χ4v) is 6.17. The molecule has 0 unspecified atom stereocenters. The number of nitrogens with zero attached hydrogens (tertiary/aromatic N) is 4. The zero-order valence-electron chi connectivity index (χ0n) is 21.1. The van der Waals surface area contributed by atoms with Crippen molar-refractivity contribution in [3.05, 3.63) is 88.8 Å². The first-order valence-electron chi connectivity index (χ1n) is 13.3. The third kappa shape index (κ3) is 4.72. The second kappa shape index (κ2) is 9.98. The summed E-state index contributed by atoms with van der Waals surface area (Å²) in [5.74, 6) is 0.729. The van der Waals surface area contributed by atoms with E-state index in [0.29, 0.717) is 24.8 Å². The van der Waals surface area contributed by atoms with Crippen molar-refractivity contribution in [2.45, 2.75) is 39.2 Å². The van der Waals surface area contributed by atoms with Crippen molar-refractivity contribution in [2.24, 2.45) is 10.9 Å². The zero-order chi connectivity index (χ0) is 24.5. The molecule has 3 aromatic rings. The zero-order valence-corrected chi connectivity index (χ0v) is 21.1. The highest BCUT2D eigenvalue weighted by Crippen LogP contribution is 2.30. The van der Waals surface area contributed by atoms with Crippen molar-refractivity contribution in [2.75, 3.05) is 32.7 Å². The topological polar surface area (TPSA) is 48.8 Å². The number of rotatable bonds is 5. The number of likely N-dealkylation sites (tertiary alicyclic amines) is 1. The summed E-state index contributed by atoms with van der Waals surface area (Å²) in [6.45, 7) is 7.37. The van der Waals surface area contributed by atoms with Crippen molar-refractivity contribution < 1.29 is 4.79 Å². The Morgan fingerprint density at radius 3 is 2.89 bits per heavy atom. The van der Waals surface area contributed by atoms with Crippen molar-refractivity contribution in [1.29, 1.82) is 0 Å². The van der Waals surface area contributed by atoms with Gasteiger partial charge in [-0.3, -0.25) is 19.7 Å². The van der Waals surface area contributed by atoms with Crippen LogP contribution >= 0.6 is 0 Å². The molecule has 3 aliphatic heterocycles. The van der Waals surface area contributed by atoms with E-state index in [9.17, 15) is 4.79 Å². The van der Waals surface area contributed by atoms with E-state index in [1.165, 1.54) is 27.5 Å². The number of hydrogen-bond donors (Lipinski definition) is 0. The minimum Gasteiger partial charge on any atom is -0.338 e. The van der Waals surface area contributed by atoms with Crippen LogP contribution in [0.25, 0.3) is 10.8 Å². The molecule has 1 amide bonds. The highest BCUT2D eigenvalue weighted by molar-refractivity contribution is 6.15. The van der Waals surface area contributed by atoms with E-state index in [4.69, 9.17) is 4.99 Å². The maximum Gasteiger partial charge on any atom is 0.223 e. The molecule has 2 aromatic carbocycles. The van der Waals surface area contributed by atoms with Crippen LogP contribution in [0, 0.1) is 12.8 Å².